The van der Waals surface area contributed by atoms with Crippen LogP contribution in [-0.2, 0) is 16.6 Å². The van der Waals surface area contributed by atoms with E-state index >= 15 is 0 Å². The number of Topliss-reactive ketones (excluding diaryl/α,β-unsaturated/α-hetero) is 1. The summed E-state index contributed by atoms with van der Waals surface area (Å²) in [6.45, 7) is 8.66. The van der Waals surface area contributed by atoms with Gasteiger partial charge in [0.25, 0.3) is 0 Å². The standard InChI is InChI=1S/C16H23BrO/c1-5-6-15(18)14(17)11-12-7-9-13(10-8-12)16(2,3)4/h7-10,14H,5-6,11H2,1-4H3. The summed E-state index contributed by atoms with van der Waals surface area (Å²) in [5.74, 6) is 0.303. The summed E-state index contributed by atoms with van der Waals surface area (Å²) in [7, 11) is 0. The maximum Gasteiger partial charge on any atom is 0.146 e. The Kier molecular flexibility index (Phi) is 5.58. The Morgan fingerprint density at radius 3 is 2.22 bits per heavy atom. The quantitative estimate of drug-likeness (QED) is 0.723. The van der Waals surface area contributed by atoms with Crippen LogP contribution < -0.4 is 0 Å². The van der Waals surface area contributed by atoms with Crippen molar-refractivity contribution in [2.75, 3.05) is 0 Å². The molecule has 0 aliphatic rings. The normalized spacial score (nSPS) is 13.4. The fraction of sp³-hybridized carbons (Fsp3) is 0.562. The Morgan fingerprint density at radius 2 is 1.78 bits per heavy atom. The highest BCUT2D eigenvalue weighted by Crippen LogP contribution is 2.23. The third-order valence-electron chi connectivity index (χ3n) is 3.08. The summed E-state index contributed by atoms with van der Waals surface area (Å²) in [6, 6.07) is 8.60. The fourth-order valence-electron chi connectivity index (χ4n) is 1.86. The van der Waals surface area contributed by atoms with E-state index in [2.05, 4.69) is 61.0 Å². The molecule has 0 radical (unpaired) electrons. The van der Waals surface area contributed by atoms with Crippen LogP contribution in [0.2, 0.25) is 0 Å². The summed E-state index contributed by atoms with van der Waals surface area (Å²) in [6.07, 6.45) is 2.36. The first-order valence-corrected chi connectivity index (χ1v) is 7.52. The van der Waals surface area contributed by atoms with Crippen LogP contribution in [0.3, 0.4) is 0 Å². The number of alkyl halides is 1. The van der Waals surface area contributed by atoms with Gasteiger partial charge in [0.05, 0.1) is 4.83 Å². The molecular formula is C16H23BrO. The van der Waals surface area contributed by atoms with E-state index in [1.165, 1.54) is 11.1 Å². The van der Waals surface area contributed by atoms with Gasteiger partial charge in [0, 0.05) is 6.42 Å². The summed E-state index contributed by atoms with van der Waals surface area (Å²) >= 11 is 3.49. The molecule has 0 spiro atoms. The van der Waals surface area contributed by atoms with E-state index in [-0.39, 0.29) is 10.2 Å². The minimum Gasteiger partial charge on any atom is -0.298 e. The van der Waals surface area contributed by atoms with E-state index in [0.717, 1.165) is 12.8 Å². The van der Waals surface area contributed by atoms with Gasteiger partial charge in [-0.1, -0.05) is 67.9 Å². The zero-order valence-electron chi connectivity index (χ0n) is 11.8. The minimum absolute atomic E-state index is 0.0436. The molecule has 0 aliphatic carbocycles. The number of ketones is 1. The van der Waals surface area contributed by atoms with E-state index in [9.17, 15) is 4.79 Å². The van der Waals surface area contributed by atoms with Crippen molar-refractivity contribution >= 4 is 21.7 Å². The van der Waals surface area contributed by atoms with Crippen molar-refractivity contribution in [3.8, 4) is 0 Å². The molecule has 2 heteroatoms. The number of hydrogen-bond acceptors (Lipinski definition) is 1. The monoisotopic (exact) mass is 310 g/mol. The molecule has 1 aromatic carbocycles. The summed E-state index contributed by atoms with van der Waals surface area (Å²) in [5, 5.41) is 0. The second-order valence-corrected chi connectivity index (χ2v) is 6.94. The molecule has 0 amide bonds. The average molecular weight is 311 g/mol. The minimum atomic E-state index is -0.0436. The molecule has 100 valence electrons. The number of carbonyl (C=O) groups excluding carboxylic acids is 1. The van der Waals surface area contributed by atoms with Gasteiger partial charge in [-0.25, -0.2) is 0 Å². The van der Waals surface area contributed by atoms with Gasteiger partial charge in [0.1, 0.15) is 5.78 Å². The van der Waals surface area contributed by atoms with Crippen LogP contribution in [0.1, 0.15) is 51.7 Å². The van der Waals surface area contributed by atoms with Gasteiger partial charge in [0.2, 0.25) is 0 Å². The van der Waals surface area contributed by atoms with Crippen molar-refractivity contribution in [2.24, 2.45) is 0 Å². The molecule has 1 nitrogen and oxygen atoms in total. The van der Waals surface area contributed by atoms with Gasteiger partial charge in [-0.2, -0.15) is 0 Å². The van der Waals surface area contributed by atoms with Crippen molar-refractivity contribution in [3.05, 3.63) is 35.4 Å². The average Bonchev–Trinajstić information content (AvgIpc) is 2.28. The molecule has 1 unspecified atom stereocenters. The highest BCUT2D eigenvalue weighted by Gasteiger charge is 2.16. The second-order valence-electron chi connectivity index (χ2n) is 5.83. The molecule has 18 heavy (non-hydrogen) atoms. The SMILES string of the molecule is CCCC(=O)C(Br)Cc1ccc(C(C)(C)C)cc1. The van der Waals surface area contributed by atoms with Crippen molar-refractivity contribution in [1.82, 2.24) is 0 Å². The molecule has 0 heterocycles. The van der Waals surface area contributed by atoms with Crippen molar-refractivity contribution in [1.29, 1.82) is 0 Å². The molecular weight excluding hydrogens is 288 g/mol. The fourth-order valence-corrected chi connectivity index (χ4v) is 2.47. The predicted octanol–water partition coefficient (Wildman–Crippen LogP) is 4.66. The second kappa shape index (κ2) is 6.51. The smallest absolute Gasteiger partial charge is 0.146 e. The molecule has 0 aromatic heterocycles. The molecule has 1 aromatic rings. The first-order chi connectivity index (χ1) is 8.34. The molecule has 1 atom stereocenters. The molecule has 0 saturated heterocycles. The summed E-state index contributed by atoms with van der Waals surface area (Å²) < 4.78 is 0. The first-order valence-electron chi connectivity index (χ1n) is 6.60. The first kappa shape index (κ1) is 15.4. The molecule has 0 aliphatic heterocycles. The van der Waals surface area contributed by atoms with E-state index in [1.54, 1.807) is 0 Å². The number of hydrogen-bond donors (Lipinski definition) is 0. The molecule has 1 rings (SSSR count). The maximum atomic E-state index is 11.7. The number of benzene rings is 1. The van der Waals surface area contributed by atoms with Crippen LogP contribution in [0.5, 0.6) is 0 Å². The van der Waals surface area contributed by atoms with Crippen LogP contribution in [0.4, 0.5) is 0 Å². The van der Waals surface area contributed by atoms with Crippen molar-refractivity contribution < 1.29 is 4.79 Å². The topological polar surface area (TPSA) is 17.1 Å². The van der Waals surface area contributed by atoms with Gasteiger partial charge in [-0.3, -0.25) is 4.79 Å². The van der Waals surface area contributed by atoms with Crippen LogP contribution in [0.15, 0.2) is 24.3 Å². The van der Waals surface area contributed by atoms with Gasteiger partial charge < -0.3 is 0 Å². The Balaban J connectivity index is 2.67. The zero-order chi connectivity index (χ0) is 13.8. The van der Waals surface area contributed by atoms with Gasteiger partial charge in [-0.15, -0.1) is 0 Å². The van der Waals surface area contributed by atoms with E-state index in [0.29, 0.717) is 12.2 Å². The molecule has 0 saturated carbocycles. The Labute approximate surface area is 119 Å². The third kappa shape index (κ3) is 4.56. The van der Waals surface area contributed by atoms with Gasteiger partial charge in [0.15, 0.2) is 0 Å². The molecule has 0 N–H and O–H groups in total. The number of carbonyl (C=O) groups is 1. The molecule has 0 bridgehead atoms. The Bertz CT molecular complexity index is 387. The highest BCUT2D eigenvalue weighted by atomic mass is 79.9. The molecule has 0 fully saturated rings. The highest BCUT2D eigenvalue weighted by molar-refractivity contribution is 9.10. The van der Waals surface area contributed by atoms with E-state index in [1.807, 2.05) is 6.92 Å². The van der Waals surface area contributed by atoms with E-state index in [4.69, 9.17) is 0 Å². The number of rotatable bonds is 5. The van der Waals surface area contributed by atoms with Crippen molar-refractivity contribution in [2.45, 2.75) is 57.2 Å². The lowest BCUT2D eigenvalue weighted by Gasteiger charge is -2.19. The third-order valence-corrected chi connectivity index (χ3v) is 3.92. The van der Waals surface area contributed by atoms with Crippen molar-refractivity contribution in [3.63, 3.8) is 0 Å². The lowest BCUT2D eigenvalue weighted by atomic mass is 9.86. The lowest BCUT2D eigenvalue weighted by Crippen LogP contribution is -2.16. The summed E-state index contributed by atoms with van der Waals surface area (Å²) in [4.78, 5) is 11.7. The Hall–Kier alpha value is -0.630. The summed E-state index contributed by atoms with van der Waals surface area (Å²) in [5.41, 5.74) is 2.73. The zero-order valence-corrected chi connectivity index (χ0v) is 13.4. The Morgan fingerprint density at radius 1 is 1.22 bits per heavy atom. The predicted molar refractivity (Wildman–Crippen MR) is 81.5 cm³/mol. The maximum absolute atomic E-state index is 11.7. The van der Waals surface area contributed by atoms with Crippen LogP contribution >= 0.6 is 15.9 Å². The van der Waals surface area contributed by atoms with Gasteiger partial charge >= 0.3 is 0 Å². The van der Waals surface area contributed by atoms with Crippen LogP contribution in [0.25, 0.3) is 0 Å². The van der Waals surface area contributed by atoms with Crippen LogP contribution in [0, 0.1) is 0 Å². The largest absolute Gasteiger partial charge is 0.298 e. The van der Waals surface area contributed by atoms with Crippen LogP contribution in [-0.4, -0.2) is 10.6 Å². The number of halogens is 1. The van der Waals surface area contributed by atoms with E-state index < -0.39 is 0 Å². The van der Waals surface area contributed by atoms with Gasteiger partial charge in [-0.05, 0) is 29.4 Å². The lowest BCUT2D eigenvalue weighted by molar-refractivity contribution is -0.118.